The van der Waals surface area contributed by atoms with E-state index in [0.29, 0.717) is 5.92 Å². The molecule has 15 heavy (non-hydrogen) atoms. The summed E-state index contributed by atoms with van der Waals surface area (Å²) in [5.41, 5.74) is 5.08. The topological polar surface area (TPSA) is 60.2 Å². The van der Waals surface area contributed by atoms with E-state index < -0.39 is 5.91 Å². The molecule has 0 bridgehead atoms. The molecule has 1 aliphatic carbocycles. The number of ketones is 1. The third-order valence-corrected chi connectivity index (χ3v) is 3.72. The molecule has 3 heteroatoms. The molecule has 0 aromatic heterocycles. The highest BCUT2D eigenvalue weighted by atomic mass is 16.2. The van der Waals surface area contributed by atoms with Crippen LogP contribution in [0.5, 0.6) is 0 Å². The van der Waals surface area contributed by atoms with Crippen LogP contribution in [0.1, 0.15) is 46.0 Å². The maximum Gasteiger partial charge on any atom is 0.285 e. The molecule has 2 unspecified atom stereocenters. The standard InChI is InChI=1S/C12H21NO2/c1-3-8(2)10(11(14)12(13)15)7-9-5-4-6-9/h8-10H,3-7H2,1-2H3,(H2,13,15). The van der Waals surface area contributed by atoms with E-state index in [1.807, 2.05) is 13.8 Å². The van der Waals surface area contributed by atoms with Gasteiger partial charge in [-0.25, -0.2) is 0 Å². The van der Waals surface area contributed by atoms with Crippen LogP contribution < -0.4 is 5.73 Å². The van der Waals surface area contributed by atoms with Crippen LogP contribution in [0.15, 0.2) is 0 Å². The first-order valence-electron chi connectivity index (χ1n) is 5.89. The van der Waals surface area contributed by atoms with Gasteiger partial charge in [-0.15, -0.1) is 0 Å². The Balaban J connectivity index is 2.58. The number of rotatable bonds is 6. The summed E-state index contributed by atoms with van der Waals surface area (Å²) in [5, 5.41) is 0. The van der Waals surface area contributed by atoms with Crippen molar-refractivity contribution in [1.29, 1.82) is 0 Å². The summed E-state index contributed by atoms with van der Waals surface area (Å²) >= 11 is 0. The quantitative estimate of drug-likeness (QED) is 0.682. The van der Waals surface area contributed by atoms with Crippen LogP contribution in [0.3, 0.4) is 0 Å². The highest BCUT2D eigenvalue weighted by Gasteiger charge is 2.31. The SMILES string of the molecule is CCC(C)C(CC1CCC1)C(=O)C(N)=O. The lowest BCUT2D eigenvalue weighted by Gasteiger charge is -2.31. The van der Waals surface area contributed by atoms with E-state index in [1.165, 1.54) is 19.3 Å². The molecular formula is C12H21NO2. The molecule has 2 N–H and O–H groups in total. The Morgan fingerprint density at radius 2 is 2.00 bits per heavy atom. The van der Waals surface area contributed by atoms with E-state index in [-0.39, 0.29) is 17.6 Å². The molecule has 1 aliphatic rings. The summed E-state index contributed by atoms with van der Waals surface area (Å²) in [5.74, 6) is -0.355. The van der Waals surface area contributed by atoms with Gasteiger partial charge in [0.25, 0.3) is 5.91 Å². The molecule has 0 radical (unpaired) electrons. The molecule has 0 aliphatic heterocycles. The van der Waals surface area contributed by atoms with Gasteiger partial charge in [0, 0.05) is 5.92 Å². The molecule has 1 amide bonds. The first-order chi connectivity index (χ1) is 7.06. The average Bonchev–Trinajstić information content (AvgIpc) is 2.14. The maximum atomic E-state index is 11.6. The van der Waals surface area contributed by atoms with Gasteiger partial charge in [0.2, 0.25) is 5.78 Å². The van der Waals surface area contributed by atoms with Gasteiger partial charge in [0.05, 0.1) is 0 Å². The molecule has 86 valence electrons. The van der Waals surface area contributed by atoms with Crippen LogP contribution in [0.4, 0.5) is 0 Å². The number of carbonyl (C=O) groups excluding carboxylic acids is 2. The fourth-order valence-electron chi connectivity index (χ4n) is 2.15. The minimum Gasteiger partial charge on any atom is -0.363 e. The molecule has 0 aromatic rings. The summed E-state index contributed by atoms with van der Waals surface area (Å²) in [6.45, 7) is 4.08. The zero-order valence-corrected chi connectivity index (χ0v) is 9.66. The lowest BCUT2D eigenvalue weighted by atomic mass is 9.74. The average molecular weight is 211 g/mol. The number of primary amides is 1. The molecular weight excluding hydrogens is 190 g/mol. The molecule has 0 saturated heterocycles. The van der Waals surface area contributed by atoms with E-state index in [2.05, 4.69) is 0 Å². The third kappa shape index (κ3) is 3.05. The number of Topliss-reactive ketones (excluding diaryl/α,β-unsaturated/α-hetero) is 1. The minimum absolute atomic E-state index is 0.141. The molecule has 1 saturated carbocycles. The van der Waals surface area contributed by atoms with Gasteiger partial charge < -0.3 is 5.73 Å². The predicted molar refractivity (Wildman–Crippen MR) is 59.1 cm³/mol. The number of hydrogen-bond donors (Lipinski definition) is 1. The molecule has 1 rings (SSSR count). The molecule has 0 spiro atoms. The molecule has 0 heterocycles. The number of hydrogen-bond acceptors (Lipinski definition) is 2. The maximum absolute atomic E-state index is 11.6. The van der Waals surface area contributed by atoms with Crippen LogP contribution in [-0.2, 0) is 9.59 Å². The van der Waals surface area contributed by atoms with Crippen LogP contribution in [0.2, 0.25) is 0 Å². The summed E-state index contributed by atoms with van der Waals surface area (Å²) in [6, 6.07) is 0. The number of amides is 1. The van der Waals surface area contributed by atoms with Crippen molar-refractivity contribution in [2.24, 2.45) is 23.5 Å². The van der Waals surface area contributed by atoms with Gasteiger partial charge in [-0.05, 0) is 18.3 Å². The van der Waals surface area contributed by atoms with Crippen molar-refractivity contribution in [3.63, 3.8) is 0 Å². The zero-order valence-electron chi connectivity index (χ0n) is 9.66. The largest absolute Gasteiger partial charge is 0.363 e. The first kappa shape index (κ1) is 12.2. The number of carbonyl (C=O) groups is 2. The van der Waals surface area contributed by atoms with Gasteiger partial charge in [0.15, 0.2) is 0 Å². The van der Waals surface area contributed by atoms with E-state index in [0.717, 1.165) is 12.8 Å². The van der Waals surface area contributed by atoms with Crippen molar-refractivity contribution in [3.05, 3.63) is 0 Å². The fourth-order valence-corrected chi connectivity index (χ4v) is 2.15. The summed E-state index contributed by atoms with van der Waals surface area (Å²) in [7, 11) is 0. The van der Waals surface area contributed by atoms with Crippen LogP contribution in [0.25, 0.3) is 0 Å². The Hall–Kier alpha value is -0.860. The Morgan fingerprint density at radius 3 is 2.33 bits per heavy atom. The van der Waals surface area contributed by atoms with Crippen LogP contribution in [0, 0.1) is 17.8 Å². The Kier molecular flexibility index (Phi) is 4.30. The molecule has 2 atom stereocenters. The van der Waals surface area contributed by atoms with E-state index in [1.54, 1.807) is 0 Å². The second kappa shape index (κ2) is 5.29. The smallest absolute Gasteiger partial charge is 0.285 e. The van der Waals surface area contributed by atoms with Crippen LogP contribution in [-0.4, -0.2) is 11.7 Å². The van der Waals surface area contributed by atoms with Gasteiger partial charge in [-0.3, -0.25) is 9.59 Å². The van der Waals surface area contributed by atoms with Crippen molar-refractivity contribution >= 4 is 11.7 Å². The van der Waals surface area contributed by atoms with Gasteiger partial charge in [0.1, 0.15) is 0 Å². The first-order valence-corrected chi connectivity index (χ1v) is 5.89. The Bertz CT molecular complexity index is 246. The van der Waals surface area contributed by atoms with Crippen LogP contribution >= 0.6 is 0 Å². The van der Waals surface area contributed by atoms with E-state index in [4.69, 9.17) is 5.73 Å². The highest BCUT2D eigenvalue weighted by molar-refractivity contribution is 6.36. The summed E-state index contributed by atoms with van der Waals surface area (Å²) in [6.07, 6.45) is 5.47. The zero-order chi connectivity index (χ0) is 11.4. The normalized spacial score (nSPS) is 20.4. The number of nitrogens with two attached hydrogens (primary N) is 1. The van der Waals surface area contributed by atoms with Gasteiger partial charge >= 0.3 is 0 Å². The Labute approximate surface area is 91.4 Å². The predicted octanol–water partition coefficient (Wildman–Crippen LogP) is 1.89. The van der Waals surface area contributed by atoms with E-state index in [9.17, 15) is 9.59 Å². The summed E-state index contributed by atoms with van der Waals surface area (Å²) < 4.78 is 0. The second-order valence-electron chi connectivity index (χ2n) is 4.75. The van der Waals surface area contributed by atoms with Crippen molar-refractivity contribution in [3.8, 4) is 0 Å². The van der Waals surface area contributed by atoms with Crippen molar-refractivity contribution in [2.45, 2.75) is 46.0 Å². The minimum atomic E-state index is -0.764. The molecule has 1 fully saturated rings. The second-order valence-corrected chi connectivity index (χ2v) is 4.75. The van der Waals surface area contributed by atoms with Gasteiger partial charge in [-0.2, -0.15) is 0 Å². The van der Waals surface area contributed by atoms with Crippen molar-refractivity contribution < 1.29 is 9.59 Å². The van der Waals surface area contributed by atoms with Gasteiger partial charge in [-0.1, -0.05) is 39.5 Å². The Morgan fingerprint density at radius 1 is 1.40 bits per heavy atom. The van der Waals surface area contributed by atoms with Crippen molar-refractivity contribution in [1.82, 2.24) is 0 Å². The lowest BCUT2D eigenvalue weighted by molar-refractivity contribution is -0.140. The highest BCUT2D eigenvalue weighted by Crippen LogP contribution is 2.35. The fraction of sp³-hybridized carbons (Fsp3) is 0.833. The summed E-state index contributed by atoms with van der Waals surface area (Å²) in [4.78, 5) is 22.6. The lowest BCUT2D eigenvalue weighted by Crippen LogP contribution is -2.35. The monoisotopic (exact) mass is 211 g/mol. The third-order valence-electron chi connectivity index (χ3n) is 3.72. The molecule has 0 aromatic carbocycles. The molecule has 3 nitrogen and oxygen atoms in total. The van der Waals surface area contributed by atoms with E-state index >= 15 is 0 Å². The van der Waals surface area contributed by atoms with Crippen molar-refractivity contribution in [2.75, 3.05) is 0 Å².